The summed E-state index contributed by atoms with van der Waals surface area (Å²) in [5.41, 5.74) is 7.43. The van der Waals surface area contributed by atoms with Gasteiger partial charge in [0.15, 0.2) is 6.10 Å². The summed E-state index contributed by atoms with van der Waals surface area (Å²) in [4.78, 5) is 23.8. The number of nitrogens with one attached hydrogen (secondary N) is 1. The molecule has 2 unspecified atom stereocenters. The van der Waals surface area contributed by atoms with Crippen molar-refractivity contribution in [2.24, 2.45) is 5.92 Å². The molecule has 3 aromatic rings. The third-order valence-corrected chi connectivity index (χ3v) is 6.67. The standard InChI is InChI=1S/C32H39NO5/c1-19(2)23-8-10-24(11-9-23)29-21(5)16-27(17-22(29)6)38-30(20(3)4)25-12-14-26(15-13-25)31(35)33-18-28(34)32(36)37-7/h8-17,19-20,28,30,34H,18H2,1-7H3,(H,33,35). The van der Waals surface area contributed by atoms with Crippen LogP contribution in [0.5, 0.6) is 5.75 Å². The third kappa shape index (κ3) is 7.01. The van der Waals surface area contributed by atoms with Gasteiger partial charge in [0.2, 0.25) is 0 Å². The van der Waals surface area contributed by atoms with E-state index in [9.17, 15) is 14.7 Å². The van der Waals surface area contributed by atoms with Crippen molar-refractivity contribution in [3.05, 3.63) is 88.5 Å². The first-order chi connectivity index (χ1) is 18.0. The zero-order valence-electron chi connectivity index (χ0n) is 23.4. The summed E-state index contributed by atoms with van der Waals surface area (Å²) < 4.78 is 11.0. The van der Waals surface area contributed by atoms with E-state index in [0.717, 1.165) is 22.4 Å². The lowest BCUT2D eigenvalue weighted by Crippen LogP contribution is -2.37. The Bertz CT molecular complexity index is 1220. The van der Waals surface area contributed by atoms with Gasteiger partial charge in [0, 0.05) is 5.56 Å². The first-order valence-electron chi connectivity index (χ1n) is 13.0. The monoisotopic (exact) mass is 517 g/mol. The fourth-order valence-electron chi connectivity index (χ4n) is 4.55. The zero-order chi connectivity index (χ0) is 28.0. The molecule has 3 aromatic carbocycles. The van der Waals surface area contributed by atoms with Crippen molar-refractivity contribution in [1.82, 2.24) is 5.32 Å². The molecule has 0 aliphatic carbocycles. The topological polar surface area (TPSA) is 84.9 Å². The number of aliphatic hydroxyl groups is 1. The lowest BCUT2D eigenvalue weighted by Gasteiger charge is -2.24. The molecule has 0 aliphatic heterocycles. The van der Waals surface area contributed by atoms with E-state index >= 15 is 0 Å². The van der Waals surface area contributed by atoms with E-state index in [1.54, 1.807) is 12.1 Å². The van der Waals surface area contributed by atoms with Gasteiger partial charge in [-0.2, -0.15) is 0 Å². The number of carbonyl (C=O) groups excluding carboxylic acids is 2. The van der Waals surface area contributed by atoms with Crippen LogP contribution in [0.1, 0.15) is 72.3 Å². The number of hydrogen-bond acceptors (Lipinski definition) is 5. The molecule has 202 valence electrons. The molecule has 38 heavy (non-hydrogen) atoms. The van der Waals surface area contributed by atoms with Crippen molar-refractivity contribution in [2.45, 2.75) is 59.7 Å². The highest BCUT2D eigenvalue weighted by atomic mass is 16.5. The number of esters is 1. The van der Waals surface area contributed by atoms with Crippen LogP contribution in [0.3, 0.4) is 0 Å². The molecule has 3 rings (SSSR count). The van der Waals surface area contributed by atoms with Crippen LogP contribution < -0.4 is 10.1 Å². The Morgan fingerprint density at radius 3 is 1.92 bits per heavy atom. The number of rotatable bonds is 10. The number of aliphatic hydroxyl groups excluding tert-OH is 1. The van der Waals surface area contributed by atoms with Crippen LogP contribution in [0, 0.1) is 19.8 Å². The summed E-state index contributed by atoms with van der Waals surface area (Å²) >= 11 is 0. The van der Waals surface area contributed by atoms with Crippen molar-refractivity contribution >= 4 is 11.9 Å². The molecular weight excluding hydrogens is 478 g/mol. The first-order valence-corrected chi connectivity index (χ1v) is 13.0. The van der Waals surface area contributed by atoms with Gasteiger partial charge < -0.3 is 19.9 Å². The Morgan fingerprint density at radius 1 is 0.868 bits per heavy atom. The van der Waals surface area contributed by atoms with E-state index in [2.05, 4.69) is 88.0 Å². The Kier molecular flexibility index (Phi) is 9.70. The van der Waals surface area contributed by atoms with Crippen molar-refractivity contribution < 1.29 is 24.2 Å². The normalized spacial score (nSPS) is 12.8. The van der Waals surface area contributed by atoms with E-state index in [1.807, 2.05) is 12.1 Å². The molecule has 1 amide bonds. The van der Waals surface area contributed by atoms with Gasteiger partial charge in [-0.1, -0.05) is 64.1 Å². The maximum Gasteiger partial charge on any atom is 0.336 e. The Labute approximate surface area is 226 Å². The van der Waals surface area contributed by atoms with Crippen LogP contribution in [-0.2, 0) is 9.53 Å². The van der Waals surface area contributed by atoms with Gasteiger partial charge in [0.25, 0.3) is 5.91 Å². The molecule has 0 aromatic heterocycles. The highest BCUT2D eigenvalue weighted by molar-refractivity contribution is 5.94. The summed E-state index contributed by atoms with van der Waals surface area (Å²) in [6.45, 7) is 12.6. The SMILES string of the molecule is COC(=O)C(O)CNC(=O)c1ccc(C(Oc2cc(C)c(-c3ccc(C(C)C)cc3)c(C)c2)C(C)C)cc1. The minimum absolute atomic E-state index is 0.189. The summed E-state index contributed by atoms with van der Waals surface area (Å²) in [5.74, 6) is 0.316. The molecule has 0 fully saturated rings. The predicted molar refractivity (Wildman–Crippen MR) is 150 cm³/mol. The first kappa shape index (κ1) is 28.9. The molecule has 0 heterocycles. The summed E-state index contributed by atoms with van der Waals surface area (Å²) in [7, 11) is 1.18. The molecule has 2 N–H and O–H groups in total. The van der Waals surface area contributed by atoms with Crippen LogP contribution in [0.2, 0.25) is 0 Å². The average Bonchev–Trinajstić information content (AvgIpc) is 2.89. The molecule has 0 saturated carbocycles. The van der Waals surface area contributed by atoms with E-state index in [-0.39, 0.29) is 24.5 Å². The number of aryl methyl sites for hydroxylation is 2. The number of amides is 1. The van der Waals surface area contributed by atoms with Crippen LogP contribution >= 0.6 is 0 Å². The molecular formula is C32H39NO5. The van der Waals surface area contributed by atoms with Crippen molar-refractivity contribution in [2.75, 3.05) is 13.7 Å². The van der Waals surface area contributed by atoms with Crippen molar-refractivity contribution in [3.63, 3.8) is 0 Å². The highest BCUT2D eigenvalue weighted by Gasteiger charge is 2.21. The fraction of sp³-hybridized carbons (Fsp3) is 0.375. The molecule has 0 bridgehead atoms. The Morgan fingerprint density at radius 2 is 1.42 bits per heavy atom. The molecule has 6 heteroatoms. The molecule has 0 spiro atoms. The van der Waals surface area contributed by atoms with E-state index in [0.29, 0.717) is 11.5 Å². The quantitative estimate of drug-likeness (QED) is 0.316. The lowest BCUT2D eigenvalue weighted by atomic mass is 9.93. The molecule has 0 radical (unpaired) electrons. The molecule has 0 saturated heterocycles. The Balaban J connectivity index is 1.76. The fourth-order valence-corrected chi connectivity index (χ4v) is 4.55. The van der Waals surface area contributed by atoms with Crippen LogP contribution in [0.25, 0.3) is 11.1 Å². The van der Waals surface area contributed by atoms with Crippen LogP contribution in [0.15, 0.2) is 60.7 Å². The largest absolute Gasteiger partial charge is 0.485 e. The van der Waals surface area contributed by atoms with Gasteiger partial charge in [0.05, 0.1) is 13.7 Å². The number of hydrogen-bond donors (Lipinski definition) is 2. The second kappa shape index (κ2) is 12.7. The van der Waals surface area contributed by atoms with Crippen molar-refractivity contribution in [3.8, 4) is 16.9 Å². The third-order valence-electron chi connectivity index (χ3n) is 6.67. The maximum absolute atomic E-state index is 12.4. The van der Waals surface area contributed by atoms with E-state index in [4.69, 9.17) is 4.74 Å². The van der Waals surface area contributed by atoms with E-state index in [1.165, 1.54) is 23.8 Å². The summed E-state index contributed by atoms with van der Waals surface area (Å²) in [6.07, 6.45) is -1.61. The second-order valence-corrected chi connectivity index (χ2v) is 10.4. The zero-order valence-corrected chi connectivity index (χ0v) is 23.4. The molecule has 2 atom stereocenters. The minimum Gasteiger partial charge on any atom is -0.485 e. The van der Waals surface area contributed by atoms with Gasteiger partial charge in [-0.05, 0) is 83.3 Å². The number of ether oxygens (including phenoxy) is 2. The Hall–Kier alpha value is -3.64. The van der Waals surface area contributed by atoms with Gasteiger partial charge in [-0.15, -0.1) is 0 Å². The van der Waals surface area contributed by atoms with Gasteiger partial charge in [-0.25, -0.2) is 4.79 Å². The van der Waals surface area contributed by atoms with Gasteiger partial charge >= 0.3 is 5.97 Å². The predicted octanol–water partition coefficient (Wildman–Crippen LogP) is 6.13. The van der Waals surface area contributed by atoms with Gasteiger partial charge in [-0.3, -0.25) is 4.79 Å². The minimum atomic E-state index is -1.40. The summed E-state index contributed by atoms with van der Waals surface area (Å²) in [6, 6.07) is 20.1. The van der Waals surface area contributed by atoms with Gasteiger partial charge in [0.1, 0.15) is 11.9 Å². The lowest BCUT2D eigenvalue weighted by molar-refractivity contribution is -0.149. The molecule has 0 aliphatic rings. The second-order valence-electron chi connectivity index (χ2n) is 10.4. The smallest absolute Gasteiger partial charge is 0.336 e. The maximum atomic E-state index is 12.4. The van der Waals surface area contributed by atoms with Crippen LogP contribution in [0.4, 0.5) is 0 Å². The number of benzene rings is 3. The number of methoxy groups -OCH3 is 1. The number of carbonyl (C=O) groups is 2. The average molecular weight is 518 g/mol. The molecule has 6 nitrogen and oxygen atoms in total. The summed E-state index contributed by atoms with van der Waals surface area (Å²) in [5, 5.41) is 12.2. The van der Waals surface area contributed by atoms with Crippen molar-refractivity contribution in [1.29, 1.82) is 0 Å². The van der Waals surface area contributed by atoms with E-state index < -0.39 is 12.1 Å². The van der Waals surface area contributed by atoms with Crippen LogP contribution in [-0.4, -0.2) is 36.7 Å². The highest BCUT2D eigenvalue weighted by Crippen LogP contribution is 2.35.